The van der Waals surface area contributed by atoms with E-state index in [0.717, 1.165) is 0 Å². The van der Waals surface area contributed by atoms with Gasteiger partial charge in [0.1, 0.15) is 0 Å². The Labute approximate surface area is 84.9 Å². The molecule has 80 valence electrons. The van der Waals surface area contributed by atoms with Gasteiger partial charge in [-0.15, -0.1) is 0 Å². The van der Waals surface area contributed by atoms with Crippen molar-refractivity contribution in [3.05, 3.63) is 0 Å². The Morgan fingerprint density at radius 2 is 0.857 bits per heavy atom. The maximum Gasteiger partial charge on any atom is 0.265 e. The predicted octanol–water partition coefficient (Wildman–Crippen LogP) is 1.79. The molecule has 3 heteroatoms. The van der Waals surface area contributed by atoms with Gasteiger partial charge in [-0.3, -0.25) is 14.4 Å². The Hall–Kier alpha value is -0.990. The van der Waals surface area contributed by atoms with Gasteiger partial charge in [-0.25, -0.2) is 0 Å². The third-order valence-electron chi connectivity index (χ3n) is 1.77. The van der Waals surface area contributed by atoms with Gasteiger partial charge in [0.05, 0.1) is 0 Å². The second-order valence-electron chi connectivity index (χ2n) is 5.49. The fourth-order valence-electron chi connectivity index (χ4n) is 0.784. The van der Waals surface area contributed by atoms with Crippen LogP contribution >= 0.6 is 0 Å². The van der Waals surface area contributed by atoms with Gasteiger partial charge < -0.3 is 0 Å². The summed E-state index contributed by atoms with van der Waals surface area (Å²) >= 11 is 0. The molecule has 0 saturated carbocycles. The van der Waals surface area contributed by atoms with Gasteiger partial charge >= 0.3 is 0 Å². The van der Waals surface area contributed by atoms with E-state index in [0.29, 0.717) is 0 Å². The summed E-state index contributed by atoms with van der Waals surface area (Å²) in [5.74, 6) is -2.11. The number of hydrogen-bond donors (Lipinski definition) is 0. The minimum absolute atomic E-state index is 0.613. The van der Waals surface area contributed by atoms with E-state index >= 15 is 0 Å². The van der Waals surface area contributed by atoms with Crippen molar-refractivity contribution in [2.75, 3.05) is 0 Å². The summed E-state index contributed by atoms with van der Waals surface area (Å²) in [5.41, 5.74) is -1.56. The van der Waals surface area contributed by atoms with Crippen LogP contribution in [0.15, 0.2) is 0 Å². The third kappa shape index (κ3) is 3.05. The van der Waals surface area contributed by atoms with Crippen LogP contribution in [0.1, 0.15) is 41.5 Å². The zero-order valence-corrected chi connectivity index (χ0v) is 9.72. The lowest BCUT2D eigenvalue weighted by Crippen LogP contribution is -2.39. The van der Waals surface area contributed by atoms with Gasteiger partial charge in [-0.1, -0.05) is 41.5 Å². The summed E-state index contributed by atoms with van der Waals surface area (Å²) in [6.45, 7) is 9.77. The first-order chi connectivity index (χ1) is 5.98. The molecule has 0 fully saturated rings. The predicted molar refractivity (Wildman–Crippen MR) is 53.9 cm³/mol. The van der Waals surface area contributed by atoms with Gasteiger partial charge in [0.25, 0.3) is 5.78 Å². The number of carbonyl (C=O) groups excluding carboxylic acids is 3. The summed E-state index contributed by atoms with van der Waals surface area (Å²) in [7, 11) is 0. The van der Waals surface area contributed by atoms with Crippen molar-refractivity contribution < 1.29 is 14.4 Å². The van der Waals surface area contributed by atoms with E-state index in [1.165, 1.54) is 0 Å². The molecule has 14 heavy (non-hydrogen) atoms. The van der Waals surface area contributed by atoms with Crippen LogP contribution in [0.5, 0.6) is 0 Å². The molecule has 0 aromatic heterocycles. The minimum atomic E-state index is -0.884. The molecule has 0 unspecified atom stereocenters. The molecule has 0 aromatic carbocycles. The van der Waals surface area contributed by atoms with E-state index in [1.807, 2.05) is 0 Å². The molecular weight excluding hydrogens is 180 g/mol. The first-order valence-electron chi connectivity index (χ1n) is 4.61. The Kier molecular flexibility index (Phi) is 3.38. The summed E-state index contributed by atoms with van der Waals surface area (Å²) < 4.78 is 0. The van der Waals surface area contributed by atoms with Gasteiger partial charge in [0.15, 0.2) is 0 Å². The van der Waals surface area contributed by atoms with Crippen molar-refractivity contribution in [3.8, 4) is 0 Å². The second-order valence-corrected chi connectivity index (χ2v) is 5.49. The monoisotopic (exact) mass is 198 g/mol. The first-order valence-corrected chi connectivity index (χ1v) is 4.61. The average molecular weight is 198 g/mol. The molecule has 0 spiro atoms. The van der Waals surface area contributed by atoms with Crippen LogP contribution < -0.4 is 0 Å². The zero-order chi connectivity index (χ0) is 11.7. The summed E-state index contributed by atoms with van der Waals surface area (Å²) in [5, 5.41) is 0. The Balaban J connectivity index is 4.85. The van der Waals surface area contributed by atoms with Crippen LogP contribution in [0.2, 0.25) is 0 Å². The topological polar surface area (TPSA) is 51.2 Å². The first kappa shape index (κ1) is 13.0. The molecule has 0 aliphatic rings. The molecule has 0 amide bonds. The summed E-state index contributed by atoms with van der Waals surface area (Å²) in [6.07, 6.45) is 0. The molecule has 0 heterocycles. The Morgan fingerprint density at radius 1 is 0.643 bits per heavy atom. The van der Waals surface area contributed by atoms with E-state index in [9.17, 15) is 14.4 Å². The van der Waals surface area contributed by atoms with E-state index in [4.69, 9.17) is 0 Å². The normalized spacial score (nSPS) is 12.4. The van der Waals surface area contributed by atoms with Crippen molar-refractivity contribution in [1.82, 2.24) is 0 Å². The Morgan fingerprint density at radius 3 is 1.00 bits per heavy atom. The lowest BCUT2D eigenvalue weighted by Gasteiger charge is -2.19. The van der Waals surface area contributed by atoms with Gasteiger partial charge in [0.2, 0.25) is 11.6 Å². The molecular formula is C11H18O3. The van der Waals surface area contributed by atoms with E-state index < -0.39 is 28.2 Å². The molecule has 0 radical (unpaired) electrons. The lowest BCUT2D eigenvalue weighted by molar-refractivity contribution is -0.149. The molecule has 0 aliphatic heterocycles. The van der Waals surface area contributed by atoms with Gasteiger partial charge in [-0.2, -0.15) is 0 Å². The number of hydrogen-bond acceptors (Lipinski definition) is 3. The lowest BCUT2D eigenvalue weighted by atomic mass is 9.81. The highest BCUT2D eigenvalue weighted by Gasteiger charge is 2.37. The SMILES string of the molecule is CC(C)(C)C(=O)C(=O)C(=O)C(C)(C)C. The van der Waals surface area contributed by atoms with Crippen LogP contribution in [0.3, 0.4) is 0 Å². The summed E-state index contributed by atoms with van der Waals surface area (Å²) in [6, 6.07) is 0. The molecule has 3 nitrogen and oxygen atoms in total. The molecule has 0 rings (SSSR count). The smallest absolute Gasteiger partial charge is 0.265 e. The maximum absolute atomic E-state index is 11.5. The standard InChI is InChI=1S/C11H18O3/c1-10(2,3)8(13)7(12)9(14)11(4,5)6/h1-6H3. The fraction of sp³-hybridized carbons (Fsp3) is 0.727. The fourth-order valence-corrected chi connectivity index (χ4v) is 0.784. The van der Waals surface area contributed by atoms with Crippen LogP contribution in [-0.2, 0) is 14.4 Å². The highest BCUT2D eigenvalue weighted by Crippen LogP contribution is 2.20. The molecule has 0 aliphatic carbocycles. The molecule has 0 atom stereocenters. The van der Waals surface area contributed by atoms with Crippen molar-refractivity contribution in [2.45, 2.75) is 41.5 Å². The molecule has 0 N–H and O–H groups in total. The van der Waals surface area contributed by atoms with Crippen molar-refractivity contribution in [1.29, 1.82) is 0 Å². The summed E-state index contributed by atoms with van der Waals surface area (Å²) in [4.78, 5) is 34.4. The zero-order valence-electron chi connectivity index (χ0n) is 9.72. The number of Topliss-reactive ketones (excluding diaryl/α,β-unsaturated/α-hetero) is 3. The van der Waals surface area contributed by atoms with Crippen molar-refractivity contribution >= 4 is 17.3 Å². The molecule has 0 saturated heterocycles. The van der Waals surface area contributed by atoms with Crippen LogP contribution in [-0.4, -0.2) is 17.3 Å². The van der Waals surface area contributed by atoms with Crippen LogP contribution in [0, 0.1) is 10.8 Å². The highest BCUT2D eigenvalue weighted by molar-refractivity contribution is 6.65. The highest BCUT2D eigenvalue weighted by atomic mass is 16.2. The van der Waals surface area contributed by atoms with E-state index in [2.05, 4.69) is 0 Å². The molecule has 0 aromatic rings. The van der Waals surface area contributed by atoms with E-state index in [-0.39, 0.29) is 0 Å². The number of carbonyl (C=O) groups is 3. The van der Waals surface area contributed by atoms with E-state index in [1.54, 1.807) is 41.5 Å². The van der Waals surface area contributed by atoms with Crippen molar-refractivity contribution in [3.63, 3.8) is 0 Å². The van der Waals surface area contributed by atoms with Crippen molar-refractivity contribution in [2.24, 2.45) is 10.8 Å². The number of ketones is 3. The quantitative estimate of drug-likeness (QED) is 0.502. The maximum atomic E-state index is 11.5. The average Bonchev–Trinajstić information content (AvgIpc) is 1.97. The third-order valence-corrected chi connectivity index (χ3v) is 1.77. The number of rotatable bonds is 2. The second kappa shape index (κ2) is 3.64. The van der Waals surface area contributed by atoms with Gasteiger partial charge in [0, 0.05) is 10.8 Å². The van der Waals surface area contributed by atoms with Crippen LogP contribution in [0.4, 0.5) is 0 Å². The van der Waals surface area contributed by atoms with Gasteiger partial charge in [-0.05, 0) is 0 Å². The van der Waals surface area contributed by atoms with Crippen LogP contribution in [0.25, 0.3) is 0 Å². The Bertz CT molecular complexity index is 246. The molecule has 0 bridgehead atoms. The minimum Gasteiger partial charge on any atom is -0.290 e. The largest absolute Gasteiger partial charge is 0.290 e.